The monoisotopic (exact) mass is 528 g/mol. The first-order valence-electron chi connectivity index (χ1n) is 12.9. The number of hydrogen-bond donors (Lipinski definition) is 2. The summed E-state index contributed by atoms with van der Waals surface area (Å²) in [5, 5.41) is 17.8. The van der Waals surface area contributed by atoms with Crippen LogP contribution in [0.2, 0.25) is 0 Å². The molecule has 0 unspecified atom stereocenters. The van der Waals surface area contributed by atoms with Crippen molar-refractivity contribution in [2.45, 2.75) is 51.9 Å². The van der Waals surface area contributed by atoms with Gasteiger partial charge >= 0.3 is 6.03 Å². The van der Waals surface area contributed by atoms with E-state index in [1.165, 1.54) is 11.3 Å². The molecule has 0 spiro atoms. The lowest BCUT2D eigenvalue weighted by Crippen LogP contribution is -2.41. The summed E-state index contributed by atoms with van der Waals surface area (Å²) < 4.78 is 0. The van der Waals surface area contributed by atoms with Gasteiger partial charge in [-0.05, 0) is 43.4 Å². The summed E-state index contributed by atoms with van der Waals surface area (Å²) in [6.07, 6.45) is 1.46. The third-order valence-electron chi connectivity index (χ3n) is 6.80. The van der Waals surface area contributed by atoms with Gasteiger partial charge < -0.3 is 10.2 Å². The first kappa shape index (κ1) is 25.8. The summed E-state index contributed by atoms with van der Waals surface area (Å²) in [5.41, 5.74) is 2.85. The van der Waals surface area contributed by atoms with Crippen molar-refractivity contribution in [3.05, 3.63) is 76.6 Å². The molecule has 1 aliphatic rings. The van der Waals surface area contributed by atoms with E-state index in [1.807, 2.05) is 66.4 Å². The van der Waals surface area contributed by atoms with E-state index >= 15 is 0 Å². The first-order valence-corrected chi connectivity index (χ1v) is 13.7. The summed E-state index contributed by atoms with van der Waals surface area (Å²) >= 11 is 1.39. The zero-order valence-electron chi connectivity index (χ0n) is 22.1. The van der Waals surface area contributed by atoms with E-state index in [2.05, 4.69) is 41.6 Å². The maximum absolute atomic E-state index is 13.2. The molecule has 4 aromatic rings. The van der Waals surface area contributed by atoms with Gasteiger partial charge in [-0.2, -0.15) is 0 Å². The van der Waals surface area contributed by atoms with E-state index in [0.717, 1.165) is 45.7 Å². The quantitative estimate of drug-likeness (QED) is 0.321. The molecular weight excluding hydrogens is 496 g/mol. The van der Waals surface area contributed by atoms with Crippen LogP contribution in [0.25, 0.3) is 10.8 Å². The predicted molar refractivity (Wildman–Crippen MR) is 152 cm³/mol. The van der Waals surface area contributed by atoms with Crippen molar-refractivity contribution in [2.75, 3.05) is 23.7 Å². The third kappa shape index (κ3) is 5.52. The Kier molecular flexibility index (Phi) is 7.12. The smallest absolute Gasteiger partial charge is 0.321 e. The van der Waals surface area contributed by atoms with Crippen molar-refractivity contribution < 1.29 is 9.59 Å². The van der Waals surface area contributed by atoms with Crippen LogP contribution in [-0.4, -0.2) is 45.1 Å². The lowest BCUT2D eigenvalue weighted by Gasteiger charge is -2.32. The number of hydrogen-bond acceptors (Lipinski definition) is 6. The van der Waals surface area contributed by atoms with Crippen molar-refractivity contribution in [3.63, 3.8) is 0 Å². The average molecular weight is 529 g/mol. The minimum absolute atomic E-state index is 0.0804. The number of aromatic nitrogens is 3. The Hall–Kier alpha value is -3.85. The summed E-state index contributed by atoms with van der Waals surface area (Å²) in [6, 6.07) is 17.5. The number of piperidine rings is 1. The fourth-order valence-corrected chi connectivity index (χ4v) is 5.50. The number of aryl methyl sites for hydroxylation is 1. The van der Waals surface area contributed by atoms with Crippen molar-refractivity contribution in [1.82, 2.24) is 20.1 Å². The number of nitrogens with zero attached hydrogens (tertiary/aromatic N) is 4. The molecule has 2 aromatic carbocycles. The summed E-state index contributed by atoms with van der Waals surface area (Å²) in [7, 11) is 0. The van der Waals surface area contributed by atoms with Crippen LogP contribution in [0.4, 0.5) is 15.6 Å². The highest BCUT2D eigenvalue weighted by atomic mass is 32.1. The summed E-state index contributed by atoms with van der Waals surface area (Å²) in [6.45, 7) is 9.30. The number of nitrogens with one attached hydrogen (secondary N) is 2. The standard InChI is InChI=1S/C29H32N6O2S/c1-18-12-13-22(25(36)32-27-34-33-26(38-27)29(2,3)4)24(30-18)20-14-16-35(17-15-20)28(37)31-23-11-7-9-19-8-5-6-10-21(19)23/h5-13,20H,14-17H2,1-4H3,(H,31,37)(H,32,34,36). The maximum Gasteiger partial charge on any atom is 0.321 e. The number of urea groups is 1. The first-order chi connectivity index (χ1) is 18.2. The number of rotatable bonds is 4. The van der Waals surface area contributed by atoms with Crippen molar-refractivity contribution in [3.8, 4) is 0 Å². The Morgan fingerprint density at radius 3 is 2.42 bits per heavy atom. The normalized spacial score (nSPS) is 14.5. The second kappa shape index (κ2) is 10.5. The van der Waals surface area contributed by atoms with E-state index in [-0.39, 0.29) is 23.3 Å². The number of amides is 3. The van der Waals surface area contributed by atoms with Gasteiger partial charge in [0.1, 0.15) is 5.01 Å². The second-order valence-corrected chi connectivity index (χ2v) is 11.7. The van der Waals surface area contributed by atoms with Crippen molar-refractivity contribution in [1.29, 1.82) is 0 Å². The Labute approximate surface area is 226 Å². The van der Waals surface area contributed by atoms with Gasteiger partial charge in [-0.1, -0.05) is 68.5 Å². The van der Waals surface area contributed by atoms with E-state index in [1.54, 1.807) is 0 Å². The van der Waals surface area contributed by atoms with Crippen LogP contribution in [0.3, 0.4) is 0 Å². The maximum atomic E-state index is 13.2. The van der Waals surface area contributed by atoms with Crippen LogP contribution in [0.1, 0.15) is 66.3 Å². The number of carbonyl (C=O) groups excluding carboxylic acids is 2. The summed E-state index contributed by atoms with van der Waals surface area (Å²) in [4.78, 5) is 32.9. The minimum atomic E-state index is -0.236. The van der Waals surface area contributed by atoms with Crippen LogP contribution < -0.4 is 10.6 Å². The fraction of sp³-hybridized carbons (Fsp3) is 0.345. The molecule has 3 heterocycles. The minimum Gasteiger partial charge on any atom is -0.324 e. The topological polar surface area (TPSA) is 100 Å². The van der Waals surface area contributed by atoms with Gasteiger partial charge in [-0.3, -0.25) is 15.1 Å². The molecule has 0 atom stereocenters. The van der Waals surface area contributed by atoms with Crippen molar-refractivity contribution in [2.24, 2.45) is 0 Å². The molecule has 9 heteroatoms. The lowest BCUT2D eigenvalue weighted by molar-refractivity contribution is 0.102. The molecule has 0 bridgehead atoms. The van der Waals surface area contributed by atoms with E-state index in [4.69, 9.17) is 4.98 Å². The third-order valence-corrected chi connectivity index (χ3v) is 8.06. The van der Waals surface area contributed by atoms with E-state index < -0.39 is 0 Å². The van der Waals surface area contributed by atoms with Crippen molar-refractivity contribution >= 4 is 44.9 Å². The second-order valence-electron chi connectivity index (χ2n) is 10.7. The molecule has 2 aromatic heterocycles. The highest BCUT2D eigenvalue weighted by molar-refractivity contribution is 7.15. The lowest BCUT2D eigenvalue weighted by atomic mass is 9.90. The zero-order valence-corrected chi connectivity index (χ0v) is 22.9. The molecule has 1 saturated heterocycles. The van der Waals surface area contributed by atoms with Gasteiger partial charge in [0.05, 0.1) is 16.9 Å². The van der Waals surface area contributed by atoms with Gasteiger partial charge in [0.15, 0.2) is 0 Å². The zero-order chi connectivity index (χ0) is 26.9. The number of likely N-dealkylation sites (tertiary alicyclic amines) is 1. The van der Waals surface area contributed by atoms with Crippen LogP contribution >= 0.6 is 11.3 Å². The largest absolute Gasteiger partial charge is 0.324 e. The number of fused-ring (bicyclic) bond motifs is 1. The molecule has 2 N–H and O–H groups in total. The van der Waals surface area contributed by atoms with Gasteiger partial charge in [0, 0.05) is 35.5 Å². The Morgan fingerprint density at radius 2 is 1.68 bits per heavy atom. The Morgan fingerprint density at radius 1 is 0.947 bits per heavy atom. The molecule has 0 saturated carbocycles. The molecule has 3 amide bonds. The molecular formula is C29H32N6O2S. The van der Waals surface area contributed by atoms with E-state index in [9.17, 15) is 9.59 Å². The predicted octanol–water partition coefficient (Wildman–Crippen LogP) is 6.36. The number of anilines is 2. The molecule has 38 heavy (non-hydrogen) atoms. The van der Waals surface area contributed by atoms with E-state index in [0.29, 0.717) is 23.8 Å². The van der Waals surface area contributed by atoms with Gasteiger partial charge in [0.2, 0.25) is 5.13 Å². The SMILES string of the molecule is Cc1ccc(C(=O)Nc2nnc(C(C)(C)C)s2)c(C2CCN(C(=O)Nc3cccc4ccccc34)CC2)n1. The Bertz CT molecular complexity index is 1480. The highest BCUT2D eigenvalue weighted by Crippen LogP contribution is 2.32. The molecule has 0 aliphatic carbocycles. The summed E-state index contributed by atoms with van der Waals surface area (Å²) in [5.74, 6) is -0.156. The fourth-order valence-electron chi connectivity index (χ4n) is 4.71. The molecule has 5 rings (SSSR count). The van der Waals surface area contributed by atoms with Crippen LogP contribution in [-0.2, 0) is 5.41 Å². The average Bonchev–Trinajstić information content (AvgIpc) is 3.38. The van der Waals surface area contributed by atoms with Crippen LogP contribution in [0, 0.1) is 6.92 Å². The highest BCUT2D eigenvalue weighted by Gasteiger charge is 2.29. The molecule has 196 valence electrons. The van der Waals surface area contributed by atoms with Gasteiger partial charge in [-0.15, -0.1) is 10.2 Å². The number of pyridine rings is 1. The molecule has 1 aliphatic heterocycles. The van der Waals surface area contributed by atoms with Crippen LogP contribution in [0.15, 0.2) is 54.6 Å². The molecule has 1 fully saturated rings. The number of carbonyl (C=O) groups is 2. The number of benzene rings is 2. The molecule has 8 nitrogen and oxygen atoms in total. The molecule has 0 radical (unpaired) electrons. The van der Waals surface area contributed by atoms with Gasteiger partial charge in [0.25, 0.3) is 5.91 Å². The van der Waals surface area contributed by atoms with Gasteiger partial charge in [-0.25, -0.2) is 4.79 Å². The Balaban J connectivity index is 1.26. The van der Waals surface area contributed by atoms with Crippen LogP contribution in [0.5, 0.6) is 0 Å².